The highest BCUT2D eigenvalue weighted by Crippen LogP contribution is 2.30. The van der Waals surface area contributed by atoms with E-state index >= 15 is 0 Å². The first kappa shape index (κ1) is 22.8. The zero-order valence-corrected chi connectivity index (χ0v) is 20.1. The lowest BCUT2D eigenvalue weighted by atomic mass is 10.1. The first-order valence-corrected chi connectivity index (χ1v) is 13.4. The summed E-state index contributed by atoms with van der Waals surface area (Å²) in [5, 5.41) is 5.61. The molecule has 2 aromatic carbocycles. The Kier molecular flexibility index (Phi) is 6.77. The van der Waals surface area contributed by atoms with E-state index in [1.165, 1.54) is 10.5 Å². The number of morpholine rings is 1. The first-order valence-electron chi connectivity index (χ1n) is 11.0. The van der Waals surface area contributed by atoms with Crippen molar-refractivity contribution in [2.75, 3.05) is 26.3 Å². The molecule has 1 saturated heterocycles. The van der Waals surface area contributed by atoms with Crippen molar-refractivity contribution < 1.29 is 13.2 Å². The van der Waals surface area contributed by atoms with E-state index in [0.29, 0.717) is 32.1 Å². The molecule has 0 spiro atoms. The highest BCUT2D eigenvalue weighted by atomic mass is 32.2. The number of benzene rings is 2. The molecule has 0 aliphatic carbocycles. The summed E-state index contributed by atoms with van der Waals surface area (Å²) in [6, 6.07) is 23.5. The zero-order valence-electron chi connectivity index (χ0n) is 18.4. The van der Waals surface area contributed by atoms with Crippen LogP contribution in [0.2, 0.25) is 0 Å². The van der Waals surface area contributed by atoms with Crippen LogP contribution in [-0.4, -0.2) is 53.8 Å². The van der Waals surface area contributed by atoms with Crippen LogP contribution >= 0.6 is 11.8 Å². The molecule has 3 heterocycles. The van der Waals surface area contributed by atoms with Gasteiger partial charge in [-0.2, -0.15) is 9.40 Å². The van der Waals surface area contributed by atoms with Gasteiger partial charge in [0.1, 0.15) is 4.90 Å². The molecule has 0 radical (unpaired) electrons. The van der Waals surface area contributed by atoms with Gasteiger partial charge < -0.3 is 4.74 Å². The van der Waals surface area contributed by atoms with Crippen molar-refractivity contribution in [1.29, 1.82) is 0 Å². The molecular weight excluding hydrogens is 468 g/mol. The molecule has 0 N–H and O–H groups in total. The number of sulfonamides is 1. The Morgan fingerprint density at radius 1 is 0.912 bits per heavy atom. The molecule has 0 amide bonds. The van der Waals surface area contributed by atoms with Crippen molar-refractivity contribution in [3.8, 4) is 16.9 Å². The molecule has 0 unspecified atom stereocenters. The van der Waals surface area contributed by atoms with Gasteiger partial charge in [-0.25, -0.2) is 18.1 Å². The van der Waals surface area contributed by atoms with Gasteiger partial charge in [-0.05, 0) is 24.3 Å². The fourth-order valence-corrected chi connectivity index (χ4v) is 5.92. The van der Waals surface area contributed by atoms with Gasteiger partial charge in [0.05, 0.1) is 29.6 Å². The summed E-state index contributed by atoms with van der Waals surface area (Å²) >= 11 is 1.55. The fourth-order valence-electron chi connectivity index (χ4n) is 3.76. The number of rotatable bonds is 7. The number of aromatic nitrogens is 3. The van der Waals surface area contributed by atoms with E-state index in [1.807, 2.05) is 59.4 Å². The molecule has 174 valence electrons. The summed E-state index contributed by atoms with van der Waals surface area (Å²) in [6.07, 6.45) is 3.49. The summed E-state index contributed by atoms with van der Waals surface area (Å²) in [5.41, 5.74) is 4.04. The molecular formula is C25H24N4O3S2. The topological polar surface area (TPSA) is 77.3 Å². The lowest BCUT2D eigenvalue weighted by Crippen LogP contribution is -2.40. The second-order valence-corrected chi connectivity index (χ2v) is 10.7. The maximum Gasteiger partial charge on any atom is 0.244 e. The van der Waals surface area contributed by atoms with Crippen LogP contribution in [-0.2, 0) is 20.5 Å². The van der Waals surface area contributed by atoms with Crippen LogP contribution in [0.15, 0.2) is 95.1 Å². The number of hydrogen-bond donors (Lipinski definition) is 0. The minimum absolute atomic E-state index is 0.209. The molecule has 7 nitrogen and oxygen atoms in total. The normalized spacial score (nSPS) is 14.8. The molecule has 1 aliphatic rings. The molecule has 0 saturated carbocycles. The van der Waals surface area contributed by atoms with E-state index in [4.69, 9.17) is 9.84 Å². The minimum Gasteiger partial charge on any atom is -0.379 e. The summed E-state index contributed by atoms with van der Waals surface area (Å²) < 4.78 is 34.3. The number of thioether (sulfide) groups is 1. The minimum atomic E-state index is -3.55. The maximum atomic E-state index is 12.8. The molecule has 5 rings (SSSR count). The Hall–Kier alpha value is -2.98. The van der Waals surface area contributed by atoms with E-state index in [9.17, 15) is 8.42 Å². The second kappa shape index (κ2) is 10.1. The molecule has 2 aromatic heterocycles. The average molecular weight is 493 g/mol. The number of nitrogens with zero attached hydrogens (tertiary/aromatic N) is 4. The summed E-state index contributed by atoms with van der Waals surface area (Å²) in [4.78, 5) is 4.63. The van der Waals surface area contributed by atoms with Gasteiger partial charge in [-0.3, -0.25) is 0 Å². The van der Waals surface area contributed by atoms with Crippen LogP contribution in [0.1, 0.15) is 5.56 Å². The van der Waals surface area contributed by atoms with Crippen LogP contribution in [0.5, 0.6) is 0 Å². The standard InChI is InChI=1S/C25H24N4O3S2/c30-34(31,28-13-15-32-16-14-28)23-11-12-24(26-17-23)33-19-21-18-29(22-9-5-2-6-10-22)27-25(21)20-7-3-1-4-8-20/h1-12,17-18H,13-16,19H2. The van der Waals surface area contributed by atoms with Gasteiger partial charge in [0.2, 0.25) is 10.0 Å². The largest absolute Gasteiger partial charge is 0.379 e. The number of ether oxygens (including phenoxy) is 1. The SMILES string of the molecule is O=S(=O)(c1ccc(SCc2cn(-c3ccccc3)nc2-c2ccccc2)nc1)N1CCOCC1. The summed E-state index contributed by atoms with van der Waals surface area (Å²) in [7, 11) is -3.55. The van der Waals surface area contributed by atoms with E-state index in [0.717, 1.165) is 27.5 Å². The Morgan fingerprint density at radius 2 is 1.62 bits per heavy atom. The van der Waals surface area contributed by atoms with Crippen LogP contribution < -0.4 is 0 Å². The number of hydrogen-bond acceptors (Lipinski definition) is 6. The van der Waals surface area contributed by atoms with Crippen molar-refractivity contribution in [3.63, 3.8) is 0 Å². The van der Waals surface area contributed by atoms with Crippen LogP contribution in [0.25, 0.3) is 16.9 Å². The monoisotopic (exact) mass is 492 g/mol. The lowest BCUT2D eigenvalue weighted by molar-refractivity contribution is 0.0730. The smallest absolute Gasteiger partial charge is 0.244 e. The van der Waals surface area contributed by atoms with Crippen molar-refractivity contribution in [2.24, 2.45) is 0 Å². The van der Waals surface area contributed by atoms with Crippen LogP contribution in [0, 0.1) is 0 Å². The van der Waals surface area contributed by atoms with Crippen molar-refractivity contribution in [2.45, 2.75) is 15.7 Å². The van der Waals surface area contributed by atoms with Gasteiger partial charge in [0.25, 0.3) is 0 Å². The Labute approximate surface area is 203 Å². The van der Waals surface area contributed by atoms with E-state index in [1.54, 1.807) is 23.9 Å². The van der Waals surface area contributed by atoms with Crippen LogP contribution in [0.4, 0.5) is 0 Å². The lowest BCUT2D eigenvalue weighted by Gasteiger charge is -2.25. The maximum absolute atomic E-state index is 12.8. The van der Waals surface area contributed by atoms with E-state index in [2.05, 4.69) is 17.1 Å². The third kappa shape index (κ3) is 4.92. The first-order chi connectivity index (χ1) is 16.6. The van der Waals surface area contributed by atoms with Crippen molar-refractivity contribution >= 4 is 21.8 Å². The number of para-hydroxylation sites is 1. The molecule has 0 bridgehead atoms. The third-order valence-corrected chi connectivity index (χ3v) is 8.43. The molecule has 4 aromatic rings. The summed E-state index contributed by atoms with van der Waals surface area (Å²) in [5.74, 6) is 0.652. The average Bonchev–Trinajstić information content (AvgIpc) is 3.34. The quantitative estimate of drug-likeness (QED) is 0.359. The van der Waals surface area contributed by atoms with Gasteiger partial charge in [0, 0.05) is 42.4 Å². The molecule has 34 heavy (non-hydrogen) atoms. The van der Waals surface area contributed by atoms with Gasteiger partial charge in [-0.1, -0.05) is 48.5 Å². The third-order valence-electron chi connectivity index (χ3n) is 5.55. The second-order valence-electron chi connectivity index (χ2n) is 7.79. The van der Waals surface area contributed by atoms with Crippen LogP contribution in [0.3, 0.4) is 0 Å². The number of pyridine rings is 1. The highest BCUT2D eigenvalue weighted by Gasteiger charge is 2.26. The molecule has 1 aliphatic heterocycles. The Morgan fingerprint density at radius 3 is 2.29 bits per heavy atom. The molecule has 0 atom stereocenters. The predicted octanol–water partition coefficient (Wildman–Crippen LogP) is 4.25. The van der Waals surface area contributed by atoms with Gasteiger partial charge in [-0.15, -0.1) is 11.8 Å². The van der Waals surface area contributed by atoms with E-state index < -0.39 is 10.0 Å². The summed E-state index contributed by atoms with van der Waals surface area (Å²) in [6.45, 7) is 1.57. The highest BCUT2D eigenvalue weighted by molar-refractivity contribution is 7.98. The van der Waals surface area contributed by atoms with Crippen molar-refractivity contribution in [1.82, 2.24) is 19.1 Å². The van der Waals surface area contributed by atoms with Crippen molar-refractivity contribution in [3.05, 3.63) is 90.8 Å². The Bertz CT molecular complexity index is 1340. The van der Waals surface area contributed by atoms with Gasteiger partial charge >= 0.3 is 0 Å². The molecule has 1 fully saturated rings. The van der Waals surface area contributed by atoms with Gasteiger partial charge in [0.15, 0.2) is 0 Å². The molecule has 9 heteroatoms. The Balaban J connectivity index is 1.36. The predicted molar refractivity (Wildman–Crippen MR) is 132 cm³/mol. The van der Waals surface area contributed by atoms with E-state index in [-0.39, 0.29) is 4.90 Å². The fraction of sp³-hybridized carbons (Fsp3) is 0.200. The zero-order chi connectivity index (χ0) is 23.4.